The van der Waals surface area contributed by atoms with Crippen LogP contribution >= 0.6 is 0 Å². The van der Waals surface area contributed by atoms with Gasteiger partial charge in [-0.05, 0) is 29.8 Å². The second-order valence-electron chi connectivity index (χ2n) is 6.27. The van der Waals surface area contributed by atoms with Crippen LogP contribution in [0, 0.1) is 0 Å². The van der Waals surface area contributed by atoms with Crippen molar-refractivity contribution in [2.24, 2.45) is 0 Å². The molecule has 2 heterocycles. The number of carbonyl (C=O) groups excluding carboxylic acids is 2. The van der Waals surface area contributed by atoms with Crippen molar-refractivity contribution in [3.63, 3.8) is 0 Å². The highest BCUT2D eigenvalue weighted by molar-refractivity contribution is 6.02. The summed E-state index contributed by atoms with van der Waals surface area (Å²) in [6, 6.07) is 18.8. The van der Waals surface area contributed by atoms with Crippen molar-refractivity contribution >= 4 is 17.5 Å². The van der Waals surface area contributed by atoms with Crippen LogP contribution in [0.15, 0.2) is 77.6 Å². The van der Waals surface area contributed by atoms with Crippen molar-refractivity contribution < 1.29 is 14.0 Å². The quantitative estimate of drug-likeness (QED) is 0.711. The van der Waals surface area contributed by atoms with Crippen LogP contribution in [-0.4, -0.2) is 23.3 Å². The summed E-state index contributed by atoms with van der Waals surface area (Å²) < 4.78 is 5.12. The van der Waals surface area contributed by atoms with E-state index in [1.54, 1.807) is 22.3 Å². The van der Waals surface area contributed by atoms with Crippen molar-refractivity contribution in [2.45, 2.75) is 13.1 Å². The molecule has 0 N–H and O–H groups in total. The number of hydrogen-bond acceptors (Lipinski definition) is 3. The maximum absolute atomic E-state index is 13.0. The molecule has 0 unspecified atom stereocenters. The SMILES string of the molecule is O=C1c2ccccc2CN1CC(=O)N(Cc1ccoc1)c1ccccc1. The van der Waals surface area contributed by atoms with Crippen molar-refractivity contribution in [2.75, 3.05) is 11.4 Å². The highest BCUT2D eigenvalue weighted by Crippen LogP contribution is 2.23. The molecule has 5 heteroatoms. The highest BCUT2D eigenvalue weighted by atomic mass is 16.3. The lowest BCUT2D eigenvalue weighted by Crippen LogP contribution is -2.40. The molecule has 2 amide bonds. The Morgan fingerprint density at radius 1 is 1.04 bits per heavy atom. The van der Waals surface area contributed by atoms with Gasteiger partial charge in [-0.15, -0.1) is 0 Å². The van der Waals surface area contributed by atoms with Gasteiger partial charge >= 0.3 is 0 Å². The Labute approximate surface area is 151 Å². The first-order valence-electron chi connectivity index (χ1n) is 8.46. The summed E-state index contributed by atoms with van der Waals surface area (Å²) in [5.41, 5.74) is 3.34. The third-order valence-electron chi connectivity index (χ3n) is 4.51. The van der Waals surface area contributed by atoms with E-state index < -0.39 is 0 Å². The number of hydrogen-bond donors (Lipinski definition) is 0. The second-order valence-corrected chi connectivity index (χ2v) is 6.27. The summed E-state index contributed by atoms with van der Waals surface area (Å²) in [4.78, 5) is 28.8. The molecule has 3 aromatic rings. The Balaban J connectivity index is 1.55. The van der Waals surface area contributed by atoms with Crippen LogP contribution in [0.1, 0.15) is 21.5 Å². The van der Waals surface area contributed by atoms with E-state index in [-0.39, 0.29) is 18.4 Å². The summed E-state index contributed by atoms with van der Waals surface area (Å²) >= 11 is 0. The average molecular weight is 346 g/mol. The Kier molecular flexibility index (Phi) is 4.27. The van der Waals surface area contributed by atoms with E-state index in [0.29, 0.717) is 18.7 Å². The summed E-state index contributed by atoms with van der Waals surface area (Å²) in [7, 11) is 0. The molecular weight excluding hydrogens is 328 g/mol. The zero-order chi connectivity index (χ0) is 17.9. The molecule has 1 aliphatic heterocycles. The Morgan fingerprint density at radius 3 is 2.54 bits per heavy atom. The minimum absolute atomic E-state index is 0.0419. The topological polar surface area (TPSA) is 53.8 Å². The lowest BCUT2D eigenvalue weighted by Gasteiger charge is -2.25. The molecule has 0 spiro atoms. The van der Waals surface area contributed by atoms with Crippen LogP contribution in [0.3, 0.4) is 0 Å². The normalized spacial score (nSPS) is 12.9. The number of carbonyl (C=O) groups is 2. The molecule has 0 saturated heterocycles. The van der Waals surface area contributed by atoms with Crippen LogP contribution in [0.2, 0.25) is 0 Å². The van der Waals surface area contributed by atoms with E-state index >= 15 is 0 Å². The minimum Gasteiger partial charge on any atom is -0.472 e. The molecular formula is C21H18N2O3. The van der Waals surface area contributed by atoms with Gasteiger partial charge in [0.15, 0.2) is 0 Å². The van der Waals surface area contributed by atoms with Gasteiger partial charge in [0.2, 0.25) is 5.91 Å². The first kappa shape index (κ1) is 16.1. The van der Waals surface area contributed by atoms with Gasteiger partial charge < -0.3 is 14.2 Å². The van der Waals surface area contributed by atoms with Crippen molar-refractivity contribution in [1.82, 2.24) is 4.90 Å². The summed E-state index contributed by atoms with van der Waals surface area (Å²) in [6.45, 7) is 0.906. The van der Waals surface area contributed by atoms with E-state index in [9.17, 15) is 9.59 Å². The molecule has 0 atom stereocenters. The molecule has 1 aliphatic rings. The fraction of sp³-hybridized carbons (Fsp3) is 0.143. The number of fused-ring (bicyclic) bond motifs is 1. The zero-order valence-electron chi connectivity index (χ0n) is 14.2. The first-order chi connectivity index (χ1) is 12.7. The van der Waals surface area contributed by atoms with E-state index in [4.69, 9.17) is 4.42 Å². The smallest absolute Gasteiger partial charge is 0.254 e. The number of benzene rings is 2. The van der Waals surface area contributed by atoms with Gasteiger partial charge in [-0.1, -0.05) is 36.4 Å². The lowest BCUT2D eigenvalue weighted by atomic mass is 10.1. The molecule has 4 rings (SSSR count). The molecule has 0 radical (unpaired) electrons. The third-order valence-corrected chi connectivity index (χ3v) is 4.51. The van der Waals surface area contributed by atoms with Gasteiger partial charge in [0.1, 0.15) is 6.54 Å². The summed E-state index contributed by atoms with van der Waals surface area (Å²) in [6.07, 6.45) is 3.21. The molecule has 2 aromatic carbocycles. The fourth-order valence-corrected chi connectivity index (χ4v) is 3.19. The van der Waals surface area contributed by atoms with Gasteiger partial charge in [0.05, 0.1) is 19.1 Å². The number of rotatable bonds is 5. The zero-order valence-corrected chi connectivity index (χ0v) is 14.2. The molecule has 0 aliphatic carbocycles. The number of para-hydroxylation sites is 1. The van der Waals surface area contributed by atoms with Gasteiger partial charge in [-0.3, -0.25) is 9.59 Å². The predicted octanol–water partition coefficient (Wildman–Crippen LogP) is 3.47. The van der Waals surface area contributed by atoms with Gasteiger partial charge in [0, 0.05) is 23.4 Å². The number of nitrogens with zero attached hydrogens (tertiary/aromatic N) is 2. The molecule has 0 bridgehead atoms. The Morgan fingerprint density at radius 2 is 1.81 bits per heavy atom. The number of amides is 2. The molecule has 1 aromatic heterocycles. The Bertz CT molecular complexity index is 919. The second kappa shape index (κ2) is 6.88. The fourth-order valence-electron chi connectivity index (χ4n) is 3.19. The van der Waals surface area contributed by atoms with Crippen molar-refractivity contribution in [3.05, 3.63) is 89.9 Å². The molecule has 0 saturated carbocycles. The van der Waals surface area contributed by atoms with Crippen LogP contribution in [0.5, 0.6) is 0 Å². The van der Waals surface area contributed by atoms with Crippen molar-refractivity contribution in [1.29, 1.82) is 0 Å². The number of furan rings is 1. The van der Waals surface area contributed by atoms with Crippen LogP contribution in [0.4, 0.5) is 5.69 Å². The monoisotopic (exact) mass is 346 g/mol. The minimum atomic E-state index is -0.126. The Hall–Kier alpha value is -3.34. The molecule has 0 fully saturated rings. The van der Waals surface area contributed by atoms with Crippen molar-refractivity contribution in [3.8, 4) is 0 Å². The van der Waals surface area contributed by atoms with E-state index in [1.165, 1.54) is 0 Å². The standard InChI is InChI=1S/C21H18N2O3/c24-20(14-22-13-17-6-4-5-9-19(17)21(22)25)23(12-16-10-11-26-15-16)18-7-2-1-3-8-18/h1-11,15H,12-14H2. The van der Waals surface area contributed by atoms with Crippen LogP contribution in [0.25, 0.3) is 0 Å². The molecule has 26 heavy (non-hydrogen) atoms. The third kappa shape index (κ3) is 3.11. The molecule has 130 valence electrons. The maximum Gasteiger partial charge on any atom is 0.254 e. The molecule has 5 nitrogen and oxygen atoms in total. The number of anilines is 1. The van der Waals surface area contributed by atoms with Gasteiger partial charge in [-0.25, -0.2) is 0 Å². The first-order valence-corrected chi connectivity index (χ1v) is 8.46. The largest absolute Gasteiger partial charge is 0.472 e. The van der Waals surface area contributed by atoms with Crippen LogP contribution < -0.4 is 4.90 Å². The van der Waals surface area contributed by atoms with E-state index in [0.717, 1.165) is 16.8 Å². The predicted molar refractivity (Wildman–Crippen MR) is 97.5 cm³/mol. The van der Waals surface area contributed by atoms with Gasteiger partial charge in [0.25, 0.3) is 5.91 Å². The maximum atomic E-state index is 13.0. The highest BCUT2D eigenvalue weighted by Gasteiger charge is 2.30. The van der Waals surface area contributed by atoms with Crippen LogP contribution in [-0.2, 0) is 17.9 Å². The van der Waals surface area contributed by atoms with Gasteiger partial charge in [-0.2, -0.15) is 0 Å². The summed E-state index contributed by atoms with van der Waals surface area (Å²) in [5, 5.41) is 0. The van der Waals surface area contributed by atoms with E-state index in [1.807, 2.05) is 60.7 Å². The summed E-state index contributed by atoms with van der Waals surface area (Å²) in [5.74, 6) is -0.219. The lowest BCUT2D eigenvalue weighted by molar-refractivity contribution is -0.119. The van der Waals surface area contributed by atoms with E-state index in [2.05, 4.69) is 0 Å². The average Bonchev–Trinajstić information content (AvgIpc) is 3.29.